The van der Waals surface area contributed by atoms with Crippen LogP contribution in [-0.4, -0.2) is 29.3 Å². The lowest BCUT2D eigenvalue weighted by Crippen LogP contribution is -2.08. The molecule has 1 aromatic rings. The fourth-order valence-electron chi connectivity index (χ4n) is 1.68. The molecule has 7 nitrogen and oxygen atoms in total. The lowest BCUT2D eigenvalue weighted by atomic mass is 10.1. The van der Waals surface area contributed by atoms with Gasteiger partial charge in [0.25, 0.3) is 0 Å². The van der Waals surface area contributed by atoms with Crippen LogP contribution in [0.2, 0.25) is 0 Å². The van der Waals surface area contributed by atoms with Gasteiger partial charge in [0.1, 0.15) is 12.2 Å². The zero-order valence-electron chi connectivity index (χ0n) is 9.22. The second kappa shape index (κ2) is 4.02. The predicted octanol–water partition coefficient (Wildman–Crippen LogP) is -0.0850. The zero-order valence-corrected chi connectivity index (χ0v) is 9.22. The van der Waals surface area contributed by atoms with Crippen molar-refractivity contribution in [3.63, 3.8) is 0 Å². The highest BCUT2D eigenvalue weighted by Crippen LogP contribution is 2.32. The average Bonchev–Trinajstić information content (AvgIpc) is 2.66. The van der Waals surface area contributed by atoms with Crippen molar-refractivity contribution in [2.24, 2.45) is 0 Å². The van der Waals surface area contributed by atoms with E-state index >= 15 is 0 Å². The normalized spacial score (nSPS) is 12.8. The predicted molar refractivity (Wildman–Crippen MR) is 56.5 cm³/mol. The minimum atomic E-state index is -1.05. The summed E-state index contributed by atoms with van der Waals surface area (Å²) in [5, 5.41) is 19.1. The monoisotopic (exact) mass is 252 g/mol. The maximum Gasteiger partial charge on any atom is 0.342 e. The SMILES string of the molecule is COC(=O)c1c(O)c(O)c(=O)cc2c1C(=O)OC2. The molecule has 0 fully saturated rings. The van der Waals surface area contributed by atoms with Gasteiger partial charge in [0, 0.05) is 5.56 Å². The summed E-state index contributed by atoms with van der Waals surface area (Å²) in [4.78, 5) is 34.5. The molecule has 0 saturated carbocycles. The molecule has 18 heavy (non-hydrogen) atoms. The van der Waals surface area contributed by atoms with Crippen LogP contribution in [0.25, 0.3) is 0 Å². The number of aromatic hydroxyl groups is 2. The smallest absolute Gasteiger partial charge is 0.342 e. The molecule has 1 aliphatic heterocycles. The van der Waals surface area contributed by atoms with Crippen LogP contribution < -0.4 is 5.43 Å². The van der Waals surface area contributed by atoms with Gasteiger partial charge in [-0.25, -0.2) is 9.59 Å². The van der Waals surface area contributed by atoms with Crippen LogP contribution in [0.4, 0.5) is 0 Å². The van der Waals surface area contributed by atoms with E-state index in [0.29, 0.717) is 0 Å². The first-order chi connectivity index (χ1) is 8.47. The van der Waals surface area contributed by atoms with Gasteiger partial charge in [0.15, 0.2) is 5.75 Å². The van der Waals surface area contributed by atoms with Crippen molar-refractivity contribution in [3.05, 3.63) is 33.0 Å². The Bertz CT molecular complexity index is 618. The van der Waals surface area contributed by atoms with Crippen LogP contribution in [-0.2, 0) is 16.1 Å². The molecule has 0 amide bonds. The molecule has 0 spiro atoms. The topological polar surface area (TPSA) is 110 Å². The maximum absolute atomic E-state index is 11.5. The quantitative estimate of drug-likeness (QED) is 0.672. The van der Waals surface area contributed by atoms with Crippen LogP contribution >= 0.6 is 0 Å². The molecule has 1 aromatic carbocycles. The fraction of sp³-hybridized carbons (Fsp3) is 0.182. The second-order valence-electron chi connectivity index (χ2n) is 3.55. The minimum Gasteiger partial charge on any atom is -0.504 e. The Morgan fingerprint density at radius 3 is 2.61 bits per heavy atom. The molecule has 94 valence electrons. The summed E-state index contributed by atoms with van der Waals surface area (Å²) in [6.45, 7) is -0.207. The van der Waals surface area contributed by atoms with Crippen LogP contribution in [0, 0.1) is 0 Å². The first-order valence-electron chi connectivity index (χ1n) is 4.85. The van der Waals surface area contributed by atoms with Crippen LogP contribution in [0.5, 0.6) is 11.5 Å². The summed E-state index contributed by atoms with van der Waals surface area (Å²) in [6, 6.07) is 0.932. The number of methoxy groups -OCH3 is 1. The van der Waals surface area contributed by atoms with Crippen molar-refractivity contribution in [3.8, 4) is 11.5 Å². The first kappa shape index (κ1) is 11.9. The number of cyclic esters (lactones) is 1. The van der Waals surface area contributed by atoms with E-state index in [1.165, 1.54) is 0 Å². The van der Waals surface area contributed by atoms with E-state index in [4.69, 9.17) is 0 Å². The van der Waals surface area contributed by atoms with Crippen molar-refractivity contribution in [2.45, 2.75) is 6.61 Å². The number of fused-ring (bicyclic) bond motifs is 1. The van der Waals surface area contributed by atoms with Crippen LogP contribution in [0.3, 0.4) is 0 Å². The molecule has 0 bridgehead atoms. The van der Waals surface area contributed by atoms with E-state index in [9.17, 15) is 24.6 Å². The summed E-state index contributed by atoms with van der Waals surface area (Å²) in [5.74, 6) is -3.92. The number of hydrogen-bond donors (Lipinski definition) is 2. The molecule has 0 aliphatic carbocycles. The third kappa shape index (κ3) is 1.56. The van der Waals surface area contributed by atoms with Gasteiger partial charge < -0.3 is 19.7 Å². The molecular formula is C11H8O7. The molecule has 2 N–H and O–H groups in total. The summed E-state index contributed by atoms with van der Waals surface area (Å²) in [7, 11) is 1.04. The number of esters is 2. The Morgan fingerprint density at radius 1 is 1.33 bits per heavy atom. The second-order valence-corrected chi connectivity index (χ2v) is 3.55. The van der Waals surface area contributed by atoms with Gasteiger partial charge in [0.2, 0.25) is 11.2 Å². The van der Waals surface area contributed by atoms with Gasteiger partial charge >= 0.3 is 11.9 Å². The van der Waals surface area contributed by atoms with Crippen LogP contribution in [0.1, 0.15) is 26.3 Å². The Labute approximate surface area is 100 Å². The Hall–Kier alpha value is -2.57. The van der Waals surface area contributed by atoms with E-state index in [1.54, 1.807) is 0 Å². The molecule has 1 heterocycles. The lowest BCUT2D eigenvalue weighted by Gasteiger charge is -2.02. The number of hydrogen-bond acceptors (Lipinski definition) is 7. The molecule has 0 saturated heterocycles. The van der Waals surface area contributed by atoms with E-state index in [2.05, 4.69) is 9.47 Å². The molecule has 0 radical (unpaired) electrons. The third-order valence-electron chi connectivity index (χ3n) is 2.52. The highest BCUT2D eigenvalue weighted by atomic mass is 16.5. The Kier molecular flexibility index (Phi) is 2.66. The standard InChI is InChI=1S/C11H8O7/c1-17-10(15)7-6-4(3-18-11(6)16)2-5(12)8(13)9(7)14/h2H,3H2,1H3,(H2,12,13,14). The van der Waals surface area contributed by atoms with E-state index in [0.717, 1.165) is 13.2 Å². The number of ether oxygens (including phenoxy) is 2. The Morgan fingerprint density at radius 2 is 2.00 bits per heavy atom. The number of carbonyl (C=O) groups excluding carboxylic acids is 2. The van der Waals surface area contributed by atoms with Gasteiger partial charge in [-0.15, -0.1) is 0 Å². The fourth-order valence-corrected chi connectivity index (χ4v) is 1.68. The largest absolute Gasteiger partial charge is 0.504 e. The van der Waals surface area contributed by atoms with E-state index in [1.807, 2.05) is 0 Å². The number of rotatable bonds is 1. The summed E-state index contributed by atoms with van der Waals surface area (Å²) >= 11 is 0. The highest BCUT2D eigenvalue weighted by Gasteiger charge is 2.32. The molecule has 0 unspecified atom stereocenters. The lowest BCUT2D eigenvalue weighted by molar-refractivity contribution is 0.0515. The molecular weight excluding hydrogens is 244 g/mol. The summed E-state index contributed by atoms with van der Waals surface area (Å²) in [5.41, 5.74) is -1.65. The Balaban J connectivity index is 2.95. The van der Waals surface area contributed by atoms with Crippen molar-refractivity contribution in [1.29, 1.82) is 0 Å². The number of carbonyl (C=O) groups is 2. The minimum absolute atomic E-state index is 0.112. The molecule has 1 aliphatic rings. The van der Waals surface area contributed by atoms with Gasteiger partial charge in [-0.2, -0.15) is 0 Å². The zero-order chi connectivity index (χ0) is 13.4. The van der Waals surface area contributed by atoms with Gasteiger partial charge in [0.05, 0.1) is 12.7 Å². The van der Waals surface area contributed by atoms with Gasteiger partial charge in [-0.3, -0.25) is 4.79 Å². The van der Waals surface area contributed by atoms with Gasteiger partial charge in [-0.05, 0) is 6.07 Å². The molecule has 0 aromatic heterocycles. The van der Waals surface area contributed by atoms with Crippen molar-refractivity contribution in [1.82, 2.24) is 0 Å². The molecule has 2 rings (SSSR count). The molecule has 0 atom stereocenters. The highest BCUT2D eigenvalue weighted by molar-refractivity contribution is 6.07. The summed E-state index contributed by atoms with van der Waals surface area (Å²) < 4.78 is 9.08. The van der Waals surface area contributed by atoms with Crippen LogP contribution in [0.15, 0.2) is 10.9 Å². The third-order valence-corrected chi connectivity index (χ3v) is 2.52. The maximum atomic E-state index is 11.5. The van der Waals surface area contributed by atoms with E-state index in [-0.39, 0.29) is 17.7 Å². The average molecular weight is 252 g/mol. The van der Waals surface area contributed by atoms with Gasteiger partial charge in [-0.1, -0.05) is 0 Å². The molecule has 7 heteroatoms. The van der Waals surface area contributed by atoms with E-state index < -0.39 is 34.4 Å². The first-order valence-corrected chi connectivity index (χ1v) is 4.85. The van der Waals surface area contributed by atoms with Crippen molar-refractivity contribution < 1.29 is 29.3 Å². The van der Waals surface area contributed by atoms with Crippen molar-refractivity contribution >= 4 is 11.9 Å². The summed E-state index contributed by atoms with van der Waals surface area (Å²) in [6.07, 6.45) is 0. The van der Waals surface area contributed by atoms with Crippen molar-refractivity contribution in [2.75, 3.05) is 7.11 Å².